The number of benzene rings is 2. The Morgan fingerprint density at radius 2 is 1.58 bits per heavy atom. The van der Waals surface area contributed by atoms with Crippen LogP contribution in [-0.4, -0.2) is 23.7 Å². The van der Waals surface area contributed by atoms with Crippen LogP contribution in [0.1, 0.15) is 40.1 Å². The van der Waals surface area contributed by atoms with Gasteiger partial charge in [-0.2, -0.15) is 0 Å². The zero-order valence-electron chi connectivity index (χ0n) is 13.4. The van der Waals surface area contributed by atoms with Crippen LogP contribution in [0.2, 0.25) is 0 Å². The fourth-order valence-electron chi connectivity index (χ4n) is 1.86. The number of aryl methyl sites for hydroxylation is 1. The first-order valence-corrected chi connectivity index (χ1v) is 9.49. The summed E-state index contributed by atoms with van der Waals surface area (Å²) in [4.78, 5) is 21.8. The zero-order chi connectivity index (χ0) is 18.1. The van der Waals surface area contributed by atoms with Crippen molar-refractivity contribution in [3.05, 3.63) is 66.3 Å². The second kappa shape index (κ2) is 10.7. The first-order chi connectivity index (χ1) is 11.4. The van der Waals surface area contributed by atoms with Gasteiger partial charge in [0.1, 0.15) is 0 Å². The Kier molecular flexibility index (Phi) is 9.27. The van der Waals surface area contributed by atoms with Gasteiger partial charge in [0.05, 0.1) is 17.7 Å². The van der Waals surface area contributed by atoms with Crippen LogP contribution in [0.4, 0.5) is 0 Å². The van der Waals surface area contributed by atoms with Gasteiger partial charge in [-0.05, 0) is 107 Å². The van der Waals surface area contributed by atoms with Crippen molar-refractivity contribution in [2.24, 2.45) is 0 Å². The van der Waals surface area contributed by atoms with E-state index in [1.807, 2.05) is 31.2 Å². The number of ether oxygens (including phenoxy) is 1. The van der Waals surface area contributed by atoms with Crippen LogP contribution in [0, 0.1) is 7.14 Å². The lowest BCUT2D eigenvalue weighted by Gasteiger charge is -2.02. The predicted molar refractivity (Wildman–Crippen MR) is 111 cm³/mol. The van der Waals surface area contributed by atoms with Crippen LogP contribution in [0.25, 0.3) is 0 Å². The molecular weight excluding hydrogens is 534 g/mol. The van der Waals surface area contributed by atoms with Gasteiger partial charge < -0.3 is 9.84 Å². The summed E-state index contributed by atoms with van der Waals surface area (Å²) >= 11 is 4.37. The molecule has 0 radical (unpaired) electrons. The monoisotopic (exact) mass is 552 g/mol. The molecule has 0 aliphatic heterocycles. The number of hydrogen-bond acceptors (Lipinski definition) is 3. The van der Waals surface area contributed by atoms with Crippen molar-refractivity contribution in [2.75, 3.05) is 6.61 Å². The lowest BCUT2D eigenvalue weighted by molar-refractivity contribution is 0.0525. The molecular formula is C18H18I2O4. The molecule has 0 spiro atoms. The smallest absolute Gasteiger partial charge is 0.338 e. The Balaban J connectivity index is 0.000000240. The molecule has 128 valence electrons. The van der Waals surface area contributed by atoms with E-state index in [2.05, 4.69) is 45.2 Å². The largest absolute Gasteiger partial charge is 0.478 e. The van der Waals surface area contributed by atoms with Gasteiger partial charge in [-0.1, -0.05) is 6.92 Å². The fourth-order valence-corrected chi connectivity index (χ4v) is 2.78. The number of rotatable bonds is 4. The van der Waals surface area contributed by atoms with Gasteiger partial charge in [0, 0.05) is 7.14 Å². The zero-order valence-corrected chi connectivity index (χ0v) is 17.7. The third-order valence-corrected chi connectivity index (χ3v) is 4.42. The van der Waals surface area contributed by atoms with E-state index in [1.54, 1.807) is 25.1 Å². The van der Waals surface area contributed by atoms with Gasteiger partial charge in [0.15, 0.2) is 0 Å². The van der Waals surface area contributed by atoms with Crippen molar-refractivity contribution in [1.82, 2.24) is 0 Å². The fraction of sp³-hybridized carbons (Fsp3) is 0.222. The Labute approximate surface area is 168 Å². The van der Waals surface area contributed by atoms with Crippen LogP contribution in [-0.2, 0) is 11.2 Å². The number of carboxylic acid groups (broad SMARTS) is 1. The number of aromatic carboxylic acids is 1. The topological polar surface area (TPSA) is 63.6 Å². The molecule has 6 heteroatoms. The van der Waals surface area contributed by atoms with Crippen LogP contribution >= 0.6 is 45.2 Å². The van der Waals surface area contributed by atoms with E-state index in [1.165, 1.54) is 0 Å². The molecule has 0 unspecified atom stereocenters. The van der Waals surface area contributed by atoms with Gasteiger partial charge in [-0.25, -0.2) is 9.59 Å². The Bertz CT molecular complexity index is 697. The maximum atomic E-state index is 11.1. The number of carbonyl (C=O) groups is 2. The molecule has 0 aromatic heterocycles. The van der Waals surface area contributed by atoms with E-state index < -0.39 is 5.97 Å². The summed E-state index contributed by atoms with van der Waals surface area (Å²) in [5.74, 6) is -1.10. The van der Waals surface area contributed by atoms with Crippen molar-refractivity contribution < 1.29 is 19.4 Å². The predicted octanol–water partition coefficient (Wildman–Crippen LogP) is 5.02. The molecule has 1 N–H and O–H groups in total. The highest BCUT2D eigenvalue weighted by molar-refractivity contribution is 14.1. The van der Waals surface area contributed by atoms with Crippen molar-refractivity contribution in [1.29, 1.82) is 0 Å². The van der Waals surface area contributed by atoms with E-state index in [9.17, 15) is 9.59 Å². The molecule has 0 saturated carbocycles. The van der Waals surface area contributed by atoms with E-state index in [-0.39, 0.29) is 5.97 Å². The SMILES string of the molecule is CCOC(=O)c1ccc(I)cc1.CCc1cc(I)ccc1C(=O)O. The second-order valence-corrected chi connectivity index (χ2v) is 7.18. The lowest BCUT2D eigenvalue weighted by atomic mass is 10.1. The van der Waals surface area contributed by atoms with E-state index in [0.29, 0.717) is 17.7 Å². The summed E-state index contributed by atoms with van der Waals surface area (Å²) in [6.45, 7) is 4.17. The van der Waals surface area contributed by atoms with Gasteiger partial charge in [0.25, 0.3) is 0 Å². The molecule has 4 nitrogen and oxygen atoms in total. The van der Waals surface area contributed by atoms with E-state index in [4.69, 9.17) is 9.84 Å². The molecule has 0 amide bonds. The maximum absolute atomic E-state index is 11.1. The van der Waals surface area contributed by atoms with Crippen LogP contribution < -0.4 is 0 Å². The molecule has 0 saturated heterocycles. The average Bonchev–Trinajstić information content (AvgIpc) is 2.55. The molecule has 0 atom stereocenters. The molecule has 0 heterocycles. The number of hydrogen-bond donors (Lipinski definition) is 1. The lowest BCUT2D eigenvalue weighted by Crippen LogP contribution is -2.03. The molecule has 0 aliphatic rings. The first kappa shape index (κ1) is 20.9. The van der Waals surface area contributed by atoms with Gasteiger partial charge in [0.2, 0.25) is 0 Å². The second-order valence-electron chi connectivity index (χ2n) is 4.69. The number of esters is 1. The van der Waals surface area contributed by atoms with Gasteiger partial charge >= 0.3 is 11.9 Å². The summed E-state index contributed by atoms with van der Waals surface area (Å²) in [6.07, 6.45) is 0.762. The number of carboxylic acids is 1. The molecule has 0 bridgehead atoms. The Hall–Kier alpha value is -1.16. The van der Waals surface area contributed by atoms with Gasteiger partial charge in [-0.15, -0.1) is 0 Å². The van der Waals surface area contributed by atoms with Crippen molar-refractivity contribution in [3.63, 3.8) is 0 Å². The van der Waals surface area contributed by atoms with Crippen molar-refractivity contribution in [2.45, 2.75) is 20.3 Å². The molecule has 2 rings (SSSR count). The van der Waals surface area contributed by atoms with Crippen molar-refractivity contribution in [3.8, 4) is 0 Å². The number of carbonyl (C=O) groups excluding carboxylic acids is 1. The third kappa shape index (κ3) is 6.76. The minimum atomic E-state index is -0.844. The summed E-state index contributed by atoms with van der Waals surface area (Å²) < 4.78 is 7.02. The molecule has 0 fully saturated rings. The average molecular weight is 552 g/mol. The standard InChI is InChI=1S/2C9H9IO2/c1-2-12-9(11)7-3-5-8(10)6-4-7;1-2-6-5-7(10)3-4-8(6)9(11)12/h3-6H,2H2,1H3;3-5H,2H2,1H3,(H,11,12). The minimum absolute atomic E-state index is 0.256. The summed E-state index contributed by atoms with van der Waals surface area (Å²) in [6, 6.07) is 12.7. The molecule has 24 heavy (non-hydrogen) atoms. The summed E-state index contributed by atoms with van der Waals surface area (Å²) in [5, 5.41) is 8.79. The first-order valence-electron chi connectivity index (χ1n) is 7.33. The van der Waals surface area contributed by atoms with Crippen LogP contribution in [0.15, 0.2) is 42.5 Å². The Morgan fingerprint density at radius 3 is 2.08 bits per heavy atom. The molecule has 2 aromatic rings. The maximum Gasteiger partial charge on any atom is 0.338 e. The van der Waals surface area contributed by atoms with E-state index >= 15 is 0 Å². The highest BCUT2D eigenvalue weighted by Crippen LogP contribution is 2.14. The van der Waals surface area contributed by atoms with Crippen LogP contribution in [0.5, 0.6) is 0 Å². The minimum Gasteiger partial charge on any atom is -0.478 e. The van der Waals surface area contributed by atoms with Crippen LogP contribution in [0.3, 0.4) is 0 Å². The third-order valence-electron chi connectivity index (χ3n) is 3.03. The molecule has 0 aliphatic carbocycles. The van der Waals surface area contributed by atoms with Crippen molar-refractivity contribution >= 4 is 57.1 Å². The highest BCUT2D eigenvalue weighted by Gasteiger charge is 2.07. The summed E-state index contributed by atoms with van der Waals surface area (Å²) in [5.41, 5.74) is 1.92. The number of halogens is 2. The highest BCUT2D eigenvalue weighted by atomic mass is 127. The molecule has 2 aromatic carbocycles. The van der Waals surface area contributed by atoms with E-state index in [0.717, 1.165) is 19.1 Å². The quantitative estimate of drug-likeness (QED) is 0.428. The van der Waals surface area contributed by atoms with Gasteiger partial charge in [-0.3, -0.25) is 0 Å². The summed E-state index contributed by atoms with van der Waals surface area (Å²) in [7, 11) is 0. The Morgan fingerprint density at radius 1 is 1.00 bits per heavy atom. The normalized spacial score (nSPS) is 9.67.